The molecule has 1 aromatic heterocycles. The standard InChI is InChI=1S/C24H26N4O2/c1-29-20-13-9-18(10-14-20)23-24(19-11-15-21(30-2)16-12-19)28-27-22(26-23)8-6-4-3-5-7-17-25/h9-16H,3-8H2,1-2H3. The van der Waals surface area contributed by atoms with E-state index in [1.54, 1.807) is 14.2 Å². The van der Waals surface area contributed by atoms with Crippen LogP contribution < -0.4 is 9.47 Å². The summed E-state index contributed by atoms with van der Waals surface area (Å²) in [6, 6.07) is 17.7. The van der Waals surface area contributed by atoms with Gasteiger partial charge < -0.3 is 9.47 Å². The Hall–Kier alpha value is -3.46. The highest BCUT2D eigenvalue weighted by atomic mass is 16.5. The molecule has 6 heteroatoms. The van der Waals surface area contributed by atoms with E-state index in [0.717, 1.165) is 71.9 Å². The van der Waals surface area contributed by atoms with Gasteiger partial charge in [0.1, 0.15) is 22.9 Å². The third-order valence-electron chi connectivity index (χ3n) is 4.90. The van der Waals surface area contributed by atoms with Crippen molar-refractivity contribution in [3.63, 3.8) is 0 Å². The average Bonchev–Trinajstić information content (AvgIpc) is 2.81. The molecule has 0 N–H and O–H groups in total. The van der Waals surface area contributed by atoms with Gasteiger partial charge in [0.15, 0.2) is 5.82 Å². The highest BCUT2D eigenvalue weighted by molar-refractivity contribution is 5.77. The molecule has 0 aliphatic rings. The van der Waals surface area contributed by atoms with Gasteiger partial charge in [0, 0.05) is 24.0 Å². The topological polar surface area (TPSA) is 80.9 Å². The number of nitriles is 1. The molecule has 2 aromatic carbocycles. The van der Waals surface area contributed by atoms with E-state index in [-0.39, 0.29) is 0 Å². The fourth-order valence-corrected chi connectivity index (χ4v) is 3.20. The molecule has 30 heavy (non-hydrogen) atoms. The number of methoxy groups -OCH3 is 2. The van der Waals surface area contributed by atoms with Crippen LogP contribution in [-0.4, -0.2) is 29.4 Å². The maximum Gasteiger partial charge on any atom is 0.151 e. The normalized spacial score (nSPS) is 10.4. The van der Waals surface area contributed by atoms with Gasteiger partial charge in [-0.1, -0.05) is 12.8 Å². The molecule has 0 aliphatic carbocycles. The second kappa shape index (κ2) is 10.9. The predicted molar refractivity (Wildman–Crippen MR) is 116 cm³/mol. The van der Waals surface area contributed by atoms with Crippen LogP contribution in [0.5, 0.6) is 11.5 Å². The van der Waals surface area contributed by atoms with Gasteiger partial charge in [0.2, 0.25) is 0 Å². The second-order valence-electron chi connectivity index (χ2n) is 6.95. The maximum atomic E-state index is 8.63. The number of hydrogen-bond acceptors (Lipinski definition) is 6. The van der Waals surface area contributed by atoms with Crippen molar-refractivity contribution in [2.24, 2.45) is 0 Å². The van der Waals surface area contributed by atoms with Crippen molar-refractivity contribution in [2.45, 2.75) is 38.5 Å². The van der Waals surface area contributed by atoms with E-state index in [4.69, 9.17) is 19.7 Å². The molecule has 0 bridgehead atoms. The molecule has 0 unspecified atom stereocenters. The van der Waals surface area contributed by atoms with Crippen LogP contribution in [0.15, 0.2) is 48.5 Å². The molecule has 0 saturated heterocycles. The zero-order chi connectivity index (χ0) is 21.2. The first kappa shape index (κ1) is 21.3. The molecular formula is C24H26N4O2. The summed E-state index contributed by atoms with van der Waals surface area (Å²) >= 11 is 0. The molecule has 0 saturated carbocycles. The van der Waals surface area contributed by atoms with Crippen LogP contribution in [0, 0.1) is 11.3 Å². The smallest absolute Gasteiger partial charge is 0.151 e. The van der Waals surface area contributed by atoms with Crippen LogP contribution in [0.3, 0.4) is 0 Å². The van der Waals surface area contributed by atoms with E-state index < -0.39 is 0 Å². The summed E-state index contributed by atoms with van der Waals surface area (Å²) in [6.45, 7) is 0. The molecule has 0 atom stereocenters. The van der Waals surface area contributed by atoms with Gasteiger partial charge in [-0.15, -0.1) is 10.2 Å². The van der Waals surface area contributed by atoms with Crippen molar-refractivity contribution in [2.75, 3.05) is 14.2 Å². The van der Waals surface area contributed by atoms with Crippen LogP contribution in [0.4, 0.5) is 0 Å². The molecular weight excluding hydrogens is 376 g/mol. The Morgan fingerprint density at radius 1 is 0.733 bits per heavy atom. The van der Waals surface area contributed by atoms with Gasteiger partial charge in [-0.05, 0) is 61.4 Å². The van der Waals surface area contributed by atoms with Crippen LogP contribution in [-0.2, 0) is 6.42 Å². The first-order chi connectivity index (χ1) is 14.7. The molecule has 154 valence electrons. The first-order valence-electron chi connectivity index (χ1n) is 10.1. The summed E-state index contributed by atoms with van der Waals surface area (Å²) in [5.74, 6) is 2.32. The van der Waals surface area contributed by atoms with E-state index in [2.05, 4.69) is 16.3 Å². The van der Waals surface area contributed by atoms with Gasteiger partial charge >= 0.3 is 0 Å². The van der Waals surface area contributed by atoms with Crippen LogP contribution in [0.2, 0.25) is 0 Å². The lowest BCUT2D eigenvalue weighted by atomic mass is 10.0. The van der Waals surface area contributed by atoms with Crippen LogP contribution >= 0.6 is 0 Å². The first-order valence-corrected chi connectivity index (χ1v) is 10.1. The fourth-order valence-electron chi connectivity index (χ4n) is 3.20. The van der Waals surface area contributed by atoms with Gasteiger partial charge in [-0.25, -0.2) is 4.98 Å². The number of hydrogen-bond donors (Lipinski definition) is 0. The molecule has 0 fully saturated rings. The van der Waals surface area contributed by atoms with E-state index in [1.807, 2.05) is 48.5 Å². The molecule has 6 nitrogen and oxygen atoms in total. The summed E-state index contributed by atoms with van der Waals surface area (Å²) in [4.78, 5) is 4.85. The molecule has 3 rings (SSSR count). The number of aryl methyl sites for hydroxylation is 1. The minimum atomic E-state index is 0.621. The number of nitrogens with zero attached hydrogens (tertiary/aromatic N) is 4. The predicted octanol–water partition coefficient (Wildman–Crippen LogP) is 5.24. The Balaban J connectivity index is 1.86. The van der Waals surface area contributed by atoms with Crippen LogP contribution in [0.1, 0.15) is 37.9 Å². The minimum absolute atomic E-state index is 0.621. The SMILES string of the molecule is COc1ccc(-c2nnc(CCCCCCC#N)nc2-c2ccc(OC)cc2)cc1. The van der Waals surface area contributed by atoms with Crippen LogP contribution in [0.25, 0.3) is 22.5 Å². The Morgan fingerprint density at radius 2 is 1.30 bits per heavy atom. The van der Waals surface area contributed by atoms with E-state index in [1.165, 1.54) is 0 Å². The lowest BCUT2D eigenvalue weighted by Gasteiger charge is -2.11. The van der Waals surface area contributed by atoms with E-state index >= 15 is 0 Å². The van der Waals surface area contributed by atoms with Crippen molar-refractivity contribution < 1.29 is 9.47 Å². The maximum absolute atomic E-state index is 8.63. The highest BCUT2D eigenvalue weighted by Gasteiger charge is 2.14. The van der Waals surface area contributed by atoms with E-state index in [0.29, 0.717) is 6.42 Å². The Morgan fingerprint density at radius 3 is 1.87 bits per heavy atom. The highest BCUT2D eigenvalue weighted by Crippen LogP contribution is 2.30. The number of benzene rings is 2. The van der Waals surface area contributed by atoms with Gasteiger partial charge in [-0.2, -0.15) is 5.26 Å². The number of ether oxygens (including phenoxy) is 2. The summed E-state index contributed by atoms with van der Waals surface area (Å²) in [6.07, 6.45) is 5.43. The third-order valence-corrected chi connectivity index (χ3v) is 4.90. The fraction of sp³-hybridized carbons (Fsp3) is 0.333. The second-order valence-corrected chi connectivity index (χ2v) is 6.95. The summed E-state index contributed by atoms with van der Waals surface area (Å²) in [5, 5.41) is 17.5. The summed E-state index contributed by atoms with van der Waals surface area (Å²) in [7, 11) is 3.30. The quantitative estimate of drug-likeness (QED) is 0.431. The van der Waals surface area contributed by atoms with Crippen molar-refractivity contribution in [1.29, 1.82) is 5.26 Å². The summed E-state index contributed by atoms with van der Waals surface area (Å²) < 4.78 is 10.5. The van der Waals surface area contributed by atoms with Gasteiger partial charge in [0.05, 0.1) is 20.3 Å². The molecule has 3 aromatic rings. The molecule has 0 spiro atoms. The Bertz CT molecular complexity index is 980. The lowest BCUT2D eigenvalue weighted by molar-refractivity contribution is 0.414. The van der Waals surface area contributed by atoms with Gasteiger partial charge in [0.25, 0.3) is 0 Å². The zero-order valence-corrected chi connectivity index (χ0v) is 17.5. The molecule has 0 radical (unpaired) electrons. The molecule has 0 aliphatic heterocycles. The number of rotatable bonds is 10. The van der Waals surface area contributed by atoms with Crippen molar-refractivity contribution in [3.05, 3.63) is 54.4 Å². The third kappa shape index (κ3) is 5.54. The number of unbranched alkanes of at least 4 members (excludes halogenated alkanes) is 4. The number of aromatic nitrogens is 3. The summed E-state index contributed by atoms with van der Waals surface area (Å²) in [5.41, 5.74) is 3.44. The van der Waals surface area contributed by atoms with Crippen molar-refractivity contribution in [3.8, 4) is 40.1 Å². The minimum Gasteiger partial charge on any atom is -0.497 e. The van der Waals surface area contributed by atoms with Crippen molar-refractivity contribution in [1.82, 2.24) is 15.2 Å². The van der Waals surface area contributed by atoms with Crippen molar-refractivity contribution >= 4 is 0 Å². The molecule has 1 heterocycles. The van der Waals surface area contributed by atoms with Gasteiger partial charge in [-0.3, -0.25) is 0 Å². The zero-order valence-electron chi connectivity index (χ0n) is 17.5. The Kier molecular flexibility index (Phi) is 7.73. The molecule has 0 amide bonds. The largest absolute Gasteiger partial charge is 0.497 e. The lowest BCUT2D eigenvalue weighted by Crippen LogP contribution is -2.03. The monoisotopic (exact) mass is 402 g/mol. The average molecular weight is 402 g/mol. The van der Waals surface area contributed by atoms with E-state index in [9.17, 15) is 0 Å². The Labute approximate surface area is 177 Å².